The summed E-state index contributed by atoms with van der Waals surface area (Å²) in [5, 5.41) is 11.2. The minimum absolute atomic E-state index is 0.0750. The van der Waals surface area contributed by atoms with Crippen LogP contribution in [0.25, 0.3) is 17.4 Å². The highest BCUT2D eigenvalue weighted by molar-refractivity contribution is 7.07. The molecule has 0 amide bonds. The number of non-ortho nitro benzene ring substituents is 1. The van der Waals surface area contributed by atoms with E-state index in [-0.39, 0.29) is 33.9 Å². The summed E-state index contributed by atoms with van der Waals surface area (Å²) in [4.78, 5) is 54.2. The van der Waals surface area contributed by atoms with Crippen LogP contribution in [0.5, 0.6) is 11.5 Å². The second kappa shape index (κ2) is 11.9. The first-order valence-corrected chi connectivity index (χ1v) is 13.8. The standard InChI is InChI=1S/C30H25N3O9S/c1-5-40-29(36)26-16(2)31-30-32(27(26)19-9-11-23(41-17(3)34)24(14-19)39-4)28(35)25(43-30)15-21-10-12-22(42-21)18-7-6-8-20(13-18)33(37)38/h6-15,27H,5H2,1-4H3/b25-15+/t27-/m1/s1. The van der Waals surface area contributed by atoms with Gasteiger partial charge in [0.2, 0.25) is 0 Å². The summed E-state index contributed by atoms with van der Waals surface area (Å²) in [5.41, 5.74) is 1.06. The van der Waals surface area contributed by atoms with Crippen molar-refractivity contribution in [1.29, 1.82) is 0 Å². The van der Waals surface area contributed by atoms with Gasteiger partial charge >= 0.3 is 11.9 Å². The van der Waals surface area contributed by atoms with Crippen molar-refractivity contribution in [3.05, 3.63) is 107 Å². The average Bonchev–Trinajstić information content (AvgIpc) is 3.56. The van der Waals surface area contributed by atoms with Crippen molar-refractivity contribution < 1.29 is 33.1 Å². The number of benzene rings is 2. The highest BCUT2D eigenvalue weighted by Crippen LogP contribution is 2.36. The van der Waals surface area contributed by atoms with Crippen molar-refractivity contribution >= 4 is 35.0 Å². The van der Waals surface area contributed by atoms with E-state index in [1.165, 1.54) is 36.8 Å². The average molecular weight is 604 g/mol. The largest absolute Gasteiger partial charge is 0.493 e. The second-order valence-electron chi connectivity index (χ2n) is 9.32. The number of nitrogens with zero attached hydrogens (tertiary/aromatic N) is 3. The van der Waals surface area contributed by atoms with E-state index in [9.17, 15) is 24.5 Å². The van der Waals surface area contributed by atoms with Gasteiger partial charge in [0, 0.05) is 30.7 Å². The molecule has 0 unspecified atom stereocenters. The van der Waals surface area contributed by atoms with E-state index in [0.717, 1.165) is 11.3 Å². The van der Waals surface area contributed by atoms with Crippen LogP contribution in [-0.4, -0.2) is 35.1 Å². The van der Waals surface area contributed by atoms with Crippen LogP contribution in [0.1, 0.15) is 38.1 Å². The minimum atomic E-state index is -0.922. The van der Waals surface area contributed by atoms with E-state index in [2.05, 4.69) is 4.99 Å². The molecule has 0 bridgehead atoms. The zero-order valence-corrected chi connectivity index (χ0v) is 24.3. The quantitative estimate of drug-likeness (QED) is 0.126. The molecule has 0 saturated carbocycles. The molecule has 5 rings (SSSR count). The molecular weight excluding hydrogens is 578 g/mol. The third-order valence-corrected chi connectivity index (χ3v) is 7.50. The first-order chi connectivity index (χ1) is 20.6. The first-order valence-electron chi connectivity index (χ1n) is 13.0. The number of ether oxygens (including phenoxy) is 3. The van der Waals surface area contributed by atoms with Gasteiger partial charge in [-0.3, -0.25) is 24.3 Å². The summed E-state index contributed by atoms with van der Waals surface area (Å²) < 4.78 is 23.6. The van der Waals surface area contributed by atoms with Crippen LogP contribution in [0, 0.1) is 10.1 Å². The van der Waals surface area contributed by atoms with Crippen LogP contribution in [0.4, 0.5) is 5.69 Å². The number of fused-ring (bicyclic) bond motifs is 1. The number of nitro groups is 1. The Kier molecular flexibility index (Phi) is 8.08. The van der Waals surface area contributed by atoms with E-state index >= 15 is 0 Å². The van der Waals surface area contributed by atoms with Gasteiger partial charge in [-0.05, 0) is 43.7 Å². The Hall–Kier alpha value is -5.30. The number of furan rings is 1. The van der Waals surface area contributed by atoms with E-state index in [1.807, 2.05) is 0 Å². The first kappa shape index (κ1) is 29.2. The van der Waals surface area contributed by atoms with Crippen LogP contribution in [0.3, 0.4) is 0 Å². The maximum atomic E-state index is 13.9. The molecule has 0 fully saturated rings. The number of esters is 2. The van der Waals surface area contributed by atoms with Crippen LogP contribution < -0.4 is 24.4 Å². The van der Waals surface area contributed by atoms with E-state index in [0.29, 0.717) is 33.1 Å². The Morgan fingerprint density at radius 1 is 1.16 bits per heavy atom. The van der Waals surface area contributed by atoms with Crippen LogP contribution >= 0.6 is 11.3 Å². The van der Waals surface area contributed by atoms with Gasteiger partial charge in [-0.15, -0.1) is 0 Å². The maximum Gasteiger partial charge on any atom is 0.338 e. The lowest BCUT2D eigenvalue weighted by molar-refractivity contribution is -0.384. The van der Waals surface area contributed by atoms with Gasteiger partial charge in [-0.25, -0.2) is 9.79 Å². The normalized spacial score (nSPS) is 14.6. The third kappa shape index (κ3) is 5.75. The van der Waals surface area contributed by atoms with Crippen LogP contribution in [-0.2, 0) is 14.3 Å². The second-order valence-corrected chi connectivity index (χ2v) is 10.3. The molecule has 12 nitrogen and oxygen atoms in total. The molecule has 1 atom stereocenters. The predicted octanol–water partition coefficient (Wildman–Crippen LogP) is 3.90. The number of nitro benzene ring substituents is 1. The number of thiazole rings is 1. The molecule has 3 heterocycles. The summed E-state index contributed by atoms with van der Waals surface area (Å²) in [6.07, 6.45) is 1.55. The number of hydrogen-bond donors (Lipinski definition) is 0. The Balaban J connectivity index is 1.63. The fourth-order valence-electron chi connectivity index (χ4n) is 4.69. The summed E-state index contributed by atoms with van der Waals surface area (Å²) in [6.45, 7) is 4.73. The maximum absolute atomic E-state index is 13.9. The number of carbonyl (C=O) groups is 2. The lowest BCUT2D eigenvalue weighted by Gasteiger charge is -2.25. The third-order valence-electron chi connectivity index (χ3n) is 6.52. The molecule has 0 aliphatic carbocycles. The molecule has 0 saturated heterocycles. The lowest BCUT2D eigenvalue weighted by Crippen LogP contribution is -2.39. The van der Waals surface area contributed by atoms with Gasteiger partial charge in [0.25, 0.3) is 11.2 Å². The number of allylic oxidation sites excluding steroid dienone is 1. The number of aromatic nitrogens is 1. The summed E-state index contributed by atoms with van der Waals surface area (Å²) in [5.74, 6) is -0.0100. The predicted molar refractivity (Wildman–Crippen MR) is 156 cm³/mol. The smallest absolute Gasteiger partial charge is 0.338 e. The summed E-state index contributed by atoms with van der Waals surface area (Å²) >= 11 is 1.11. The molecule has 0 radical (unpaired) electrons. The Morgan fingerprint density at radius 2 is 1.95 bits per heavy atom. The number of rotatable bonds is 8. The van der Waals surface area contributed by atoms with Gasteiger partial charge in [0.05, 0.1) is 40.5 Å². The van der Waals surface area contributed by atoms with Crippen molar-refractivity contribution in [2.45, 2.75) is 26.8 Å². The highest BCUT2D eigenvalue weighted by atomic mass is 32.1. The minimum Gasteiger partial charge on any atom is -0.493 e. The summed E-state index contributed by atoms with van der Waals surface area (Å²) in [7, 11) is 1.41. The number of hydrogen-bond acceptors (Lipinski definition) is 11. The SMILES string of the molecule is CCOC(=O)C1=C(C)N=c2s/c(=C/c3ccc(-c4cccc([N+](=O)[O-])c4)o3)c(=O)n2[C@@H]1c1ccc(OC(C)=O)c(OC)c1. The van der Waals surface area contributed by atoms with Crippen molar-refractivity contribution in [3.63, 3.8) is 0 Å². The van der Waals surface area contributed by atoms with Gasteiger partial charge in [0.15, 0.2) is 16.3 Å². The lowest BCUT2D eigenvalue weighted by atomic mass is 9.95. The number of carbonyl (C=O) groups excluding carboxylic acids is 2. The molecular formula is C30H25N3O9S. The molecule has 1 aliphatic rings. The Bertz CT molecular complexity index is 1980. The van der Waals surface area contributed by atoms with Crippen LogP contribution in [0.2, 0.25) is 0 Å². The molecule has 13 heteroatoms. The molecule has 2 aromatic carbocycles. The fourth-order valence-corrected chi connectivity index (χ4v) is 5.71. The molecule has 43 heavy (non-hydrogen) atoms. The highest BCUT2D eigenvalue weighted by Gasteiger charge is 2.34. The van der Waals surface area contributed by atoms with Gasteiger partial charge in [-0.2, -0.15) is 0 Å². The van der Waals surface area contributed by atoms with Gasteiger partial charge in [0.1, 0.15) is 11.5 Å². The molecule has 4 aromatic rings. The fraction of sp³-hybridized carbons (Fsp3) is 0.200. The van der Waals surface area contributed by atoms with Crippen molar-refractivity contribution in [2.24, 2.45) is 4.99 Å². The van der Waals surface area contributed by atoms with Gasteiger partial charge < -0.3 is 18.6 Å². The van der Waals surface area contributed by atoms with Crippen molar-refractivity contribution in [3.8, 4) is 22.8 Å². The monoisotopic (exact) mass is 603 g/mol. The van der Waals surface area contributed by atoms with E-state index < -0.39 is 28.5 Å². The summed E-state index contributed by atoms with van der Waals surface area (Å²) in [6, 6.07) is 13.2. The molecule has 2 aromatic heterocycles. The molecule has 1 aliphatic heterocycles. The van der Waals surface area contributed by atoms with Gasteiger partial charge in [-0.1, -0.05) is 29.5 Å². The van der Waals surface area contributed by atoms with Crippen molar-refractivity contribution in [2.75, 3.05) is 13.7 Å². The molecule has 0 N–H and O–H groups in total. The Labute approximate surface area is 247 Å². The number of methoxy groups -OCH3 is 1. The Morgan fingerprint density at radius 3 is 2.65 bits per heavy atom. The van der Waals surface area contributed by atoms with E-state index in [1.54, 1.807) is 56.3 Å². The molecule has 0 spiro atoms. The molecule has 220 valence electrons. The van der Waals surface area contributed by atoms with Crippen LogP contribution in [0.15, 0.2) is 80.1 Å². The topological polar surface area (TPSA) is 152 Å². The van der Waals surface area contributed by atoms with Crippen molar-refractivity contribution in [1.82, 2.24) is 4.57 Å². The zero-order valence-electron chi connectivity index (χ0n) is 23.5. The zero-order chi connectivity index (χ0) is 30.8. The van der Waals surface area contributed by atoms with E-state index in [4.69, 9.17) is 18.6 Å².